The van der Waals surface area contributed by atoms with Gasteiger partial charge in [0, 0.05) is 0 Å². The Morgan fingerprint density at radius 2 is 1.86 bits per heavy atom. The first-order valence-corrected chi connectivity index (χ1v) is 4.60. The van der Waals surface area contributed by atoms with E-state index >= 15 is 0 Å². The van der Waals surface area contributed by atoms with E-state index in [1.54, 1.807) is 6.07 Å². The molecule has 1 aliphatic heterocycles. The van der Waals surface area contributed by atoms with Crippen LogP contribution in [0.4, 0.5) is 5.69 Å². The predicted molar refractivity (Wildman–Crippen MR) is 54.0 cm³/mol. The van der Waals surface area contributed by atoms with Crippen molar-refractivity contribution in [2.75, 3.05) is 0 Å². The summed E-state index contributed by atoms with van der Waals surface area (Å²) in [6, 6.07) is 5.65. The van der Waals surface area contributed by atoms with E-state index in [1.807, 2.05) is 12.1 Å². The van der Waals surface area contributed by atoms with Crippen LogP contribution in [0.2, 0.25) is 0 Å². The summed E-state index contributed by atoms with van der Waals surface area (Å²) in [5, 5.41) is 7.49. The third-order valence-corrected chi connectivity index (χ3v) is 2.32. The summed E-state index contributed by atoms with van der Waals surface area (Å²) >= 11 is 0. The van der Waals surface area contributed by atoms with Crippen molar-refractivity contribution < 1.29 is 4.79 Å². The molecule has 1 amide bonds. The number of rotatable bonds is 0. The molecule has 14 heavy (non-hydrogen) atoms. The summed E-state index contributed by atoms with van der Waals surface area (Å²) in [5.74, 6) is -0.230. The van der Waals surface area contributed by atoms with Gasteiger partial charge in [-0.15, -0.1) is 10.2 Å². The molecule has 0 saturated carbocycles. The van der Waals surface area contributed by atoms with Crippen LogP contribution in [-0.4, -0.2) is 5.91 Å². The number of carbonyl (C=O) groups excluding carboxylic acids is 1. The Labute approximate surface area is 82.9 Å². The van der Waals surface area contributed by atoms with Crippen molar-refractivity contribution in [2.45, 2.75) is 26.2 Å². The zero-order valence-electron chi connectivity index (χ0n) is 8.53. The predicted octanol–water partition coefficient (Wildman–Crippen LogP) is 3.22. The van der Waals surface area contributed by atoms with Crippen molar-refractivity contribution in [3.8, 4) is 0 Å². The zero-order valence-corrected chi connectivity index (χ0v) is 8.53. The van der Waals surface area contributed by atoms with Crippen molar-refractivity contribution in [3.05, 3.63) is 29.3 Å². The second kappa shape index (κ2) is 2.74. The largest absolute Gasteiger partial charge is 0.297 e. The van der Waals surface area contributed by atoms with Crippen molar-refractivity contribution in [1.29, 1.82) is 0 Å². The average molecular weight is 188 g/mol. The summed E-state index contributed by atoms with van der Waals surface area (Å²) in [6.07, 6.45) is 0. The number of carbonyl (C=O) groups is 1. The molecule has 0 aliphatic carbocycles. The fraction of sp³-hybridized carbons (Fsp3) is 0.364. The number of benzene rings is 1. The molecule has 0 atom stereocenters. The molecule has 0 spiro atoms. The lowest BCUT2D eigenvalue weighted by Crippen LogP contribution is -2.11. The van der Waals surface area contributed by atoms with Crippen LogP contribution in [0.5, 0.6) is 0 Å². The first kappa shape index (κ1) is 9.06. The van der Waals surface area contributed by atoms with Gasteiger partial charge in [-0.2, -0.15) is 0 Å². The topological polar surface area (TPSA) is 41.8 Å². The molecule has 1 aromatic rings. The average Bonchev–Trinajstić information content (AvgIpc) is 2.46. The fourth-order valence-corrected chi connectivity index (χ4v) is 1.58. The quantitative estimate of drug-likeness (QED) is 0.616. The second-order valence-corrected chi connectivity index (χ2v) is 4.46. The van der Waals surface area contributed by atoms with Crippen molar-refractivity contribution in [3.63, 3.8) is 0 Å². The number of fused-ring (bicyclic) bond motifs is 1. The molecule has 0 saturated heterocycles. The molecule has 0 unspecified atom stereocenters. The molecular weight excluding hydrogens is 176 g/mol. The molecule has 1 aromatic carbocycles. The zero-order chi connectivity index (χ0) is 10.3. The van der Waals surface area contributed by atoms with Gasteiger partial charge < -0.3 is 0 Å². The van der Waals surface area contributed by atoms with Gasteiger partial charge in [-0.05, 0) is 17.0 Å². The minimum Gasteiger partial charge on any atom is -0.265 e. The standard InChI is InChI=1S/C11H12N2O/c1-11(2,3)8-6-4-5-7-9(8)12-13-10(7)14/h4-6H,1-3H3. The van der Waals surface area contributed by atoms with Gasteiger partial charge in [-0.1, -0.05) is 32.9 Å². The lowest BCUT2D eigenvalue weighted by atomic mass is 9.85. The van der Waals surface area contributed by atoms with Gasteiger partial charge in [0.25, 0.3) is 5.91 Å². The van der Waals surface area contributed by atoms with Crippen LogP contribution in [0.3, 0.4) is 0 Å². The van der Waals surface area contributed by atoms with E-state index in [0.29, 0.717) is 5.56 Å². The summed E-state index contributed by atoms with van der Waals surface area (Å²) in [6.45, 7) is 6.29. The Kier molecular flexibility index (Phi) is 1.77. The second-order valence-electron chi connectivity index (χ2n) is 4.46. The molecule has 0 radical (unpaired) electrons. The van der Waals surface area contributed by atoms with E-state index in [0.717, 1.165) is 11.3 Å². The summed E-state index contributed by atoms with van der Waals surface area (Å²) < 4.78 is 0. The lowest BCUT2D eigenvalue weighted by Gasteiger charge is -2.20. The number of azo groups is 1. The number of amides is 1. The third kappa shape index (κ3) is 1.25. The first-order chi connectivity index (χ1) is 6.50. The lowest BCUT2D eigenvalue weighted by molar-refractivity contribution is 0.100. The molecular formula is C11H12N2O. The van der Waals surface area contributed by atoms with Crippen molar-refractivity contribution in [2.24, 2.45) is 10.2 Å². The van der Waals surface area contributed by atoms with Crippen LogP contribution in [0.1, 0.15) is 36.7 Å². The normalized spacial score (nSPS) is 14.6. The van der Waals surface area contributed by atoms with Crippen LogP contribution in [0, 0.1) is 0 Å². The summed E-state index contributed by atoms with van der Waals surface area (Å²) in [5.41, 5.74) is 2.43. The van der Waals surface area contributed by atoms with Gasteiger partial charge in [-0.3, -0.25) is 4.79 Å². The minimum absolute atomic E-state index is 0.00498. The van der Waals surface area contributed by atoms with Gasteiger partial charge in [-0.25, -0.2) is 0 Å². The van der Waals surface area contributed by atoms with E-state index in [9.17, 15) is 4.79 Å². The maximum Gasteiger partial charge on any atom is 0.297 e. The number of nitrogens with zero attached hydrogens (tertiary/aromatic N) is 2. The smallest absolute Gasteiger partial charge is 0.265 e. The molecule has 0 N–H and O–H groups in total. The summed E-state index contributed by atoms with van der Waals surface area (Å²) in [4.78, 5) is 11.3. The monoisotopic (exact) mass is 188 g/mol. The van der Waals surface area contributed by atoms with Gasteiger partial charge in [0.2, 0.25) is 0 Å². The highest BCUT2D eigenvalue weighted by Gasteiger charge is 2.25. The van der Waals surface area contributed by atoms with Gasteiger partial charge in [0.15, 0.2) is 0 Å². The van der Waals surface area contributed by atoms with Crippen LogP contribution in [0.15, 0.2) is 28.4 Å². The van der Waals surface area contributed by atoms with Gasteiger partial charge in [0.1, 0.15) is 5.69 Å². The molecule has 3 heteroatoms. The van der Waals surface area contributed by atoms with Crippen molar-refractivity contribution >= 4 is 11.6 Å². The molecule has 3 nitrogen and oxygen atoms in total. The number of hydrogen-bond donors (Lipinski definition) is 0. The Hall–Kier alpha value is -1.51. The van der Waals surface area contributed by atoms with Crippen LogP contribution >= 0.6 is 0 Å². The molecule has 2 rings (SSSR count). The summed E-state index contributed by atoms with van der Waals surface area (Å²) in [7, 11) is 0. The molecule has 0 aromatic heterocycles. The van der Waals surface area contributed by atoms with E-state index in [2.05, 4.69) is 31.0 Å². The van der Waals surface area contributed by atoms with E-state index < -0.39 is 0 Å². The van der Waals surface area contributed by atoms with E-state index in [1.165, 1.54) is 0 Å². The van der Waals surface area contributed by atoms with E-state index in [-0.39, 0.29) is 11.3 Å². The Balaban J connectivity index is 2.66. The first-order valence-electron chi connectivity index (χ1n) is 4.60. The molecule has 72 valence electrons. The maximum atomic E-state index is 11.3. The SMILES string of the molecule is CC(C)(C)c1cccc2c1N=NC2=O. The molecule has 0 fully saturated rings. The van der Waals surface area contributed by atoms with Crippen LogP contribution < -0.4 is 0 Å². The minimum atomic E-state index is -0.230. The number of hydrogen-bond acceptors (Lipinski definition) is 2. The Bertz CT molecular complexity index is 427. The van der Waals surface area contributed by atoms with Gasteiger partial charge in [0.05, 0.1) is 5.56 Å². The van der Waals surface area contributed by atoms with Gasteiger partial charge >= 0.3 is 0 Å². The third-order valence-electron chi connectivity index (χ3n) is 2.32. The highest BCUT2D eigenvalue weighted by Crippen LogP contribution is 2.37. The van der Waals surface area contributed by atoms with E-state index in [4.69, 9.17) is 0 Å². The van der Waals surface area contributed by atoms with Crippen LogP contribution in [-0.2, 0) is 5.41 Å². The maximum absolute atomic E-state index is 11.3. The Morgan fingerprint density at radius 3 is 2.50 bits per heavy atom. The highest BCUT2D eigenvalue weighted by atomic mass is 16.2. The molecule has 1 heterocycles. The fourth-order valence-electron chi connectivity index (χ4n) is 1.58. The molecule has 1 aliphatic rings. The highest BCUT2D eigenvalue weighted by molar-refractivity contribution is 6.02. The van der Waals surface area contributed by atoms with Crippen molar-refractivity contribution in [1.82, 2.24) is 0 Å². The van der Waals surface area contributed by atoms with Crippen LogP contribution in [0.25, 0.3) is 0 Å². The Morgan fingerprint density at radius 1 is 1.14 bits per heavy atom. The molecule has 0 bridgehead atoms.